The summed E-state index contributed by atoms with van der Waals surface area (Å²) in [6.07, 6.45) is -0.0530. The molecule has 1 unspecified atom stereocenters. The van der Waals surface area contributed by atoms with E-state index in [1.54, 1.807) is 11.8 Å². The number of nitrogens with zero attached hydrogens (tertiary/aromatic N) is 2. The van der Waals surface area contributed by atoms with Crippen molar-refractivity contribution in [2.45, 2.75) is 92.0 Å². The van der Waals surface area contributed by atoms with Gasteiger partial charge in [-0.15, -0.1) is 11.8 Å². The van der Waals surface area contributed by atoms with E-state index in [4.69, 9.17) is 4.74 Å². The number of phenols is 1. The molecule has 0 spiro atoms. The summed E-state index contributed by atoms with van der Waals surface area (Å²) >= 11 is 1.71. The van der Waals surface area contributed by atoms with Gasteiger partial charge in [0.15, 0.2) is 0 Å². The van der Waals surface area contributed by atoms with Crippen LogP contribution in [0.2, 0.25) is 0 Å². The minimum absolute atomic E-state index is 0.0530. The molecule has 6 heteroatoms. The second-order valence-electron chi connectivity index (χ2n) is 8.39. The van der Waals surface area contributed by atoms with Gasteiger partial charge in [0, 0.05) is 42.9 Å². The Balaban J connectivity index is 0.00000201. The number of thioether (sulfide) groups is 1. The first kappa shape index (κ1) is 35.0. The molecule has 0 saturated carbocycles. The van der Waals surface area contributed by atoms with Crippen LogP contribution < -0.4 is 0 Å². The highest BCUT2D eigenvalue weighted by molar-refractivity contribution is 8.00. The molecule has 3 rings (SSSR count). The molecule has 1 saturated heterocycles. The zero-order valence-corrected chi connectivity index (χ0v) is 25.8. The summed E-state index contributed by atoms with van der Waals surface area (Å²) in [4.78, 5) is 18.0. The SMILES string of the molecule is CC.CC.CC.Cc1cc(SC(C)[C@@H](C)OCC(=O)N2CCN(Cc3ccccc3)CC2)cc(C)c1O. The Morgan fingerprint density at radius 2 is 1.43 bits per heavy atom. The number of hydrogen-bond acceptors (Lipinski definition) is 5. The van der Waals surface area contributed by atoms with Gasteiger partial charge in [-0.05, 0) is 49.6 Å². The second kappa shape index (κ2) is 20.0. The molecule has 2 atom stereocenters. The number of aromatic hydroxyl groups is 1. The first-order chi connectivity index (χ1) is 17.8. The van der Waals surface area contributed by atoms with Gasteiger partial charge in [0.05, 0.1) is 6.10 Å². The highest BCUT2D eigenvalue weighted by Gasteiger charge is 2.23. The Kier molecular flexibility index (Phi) is 18.9. The quantitative estimate of drug-likeness (QED) is 0.361. The average molecular weight is 533 g/mol. The van der Waals surface area contributed by atoms with Crippen LogP contribution in [-0.4, -0.2) is 65.0 Å². The molecule has 0 radical (unpaired) electrons. The lowest BCUT2D eigenvalue weighted by Gasteiger charge is -2.35. The Morgan fingerprint density at radius 3 is 1.95 bits per heavy atom. The Bertz CT molecular complexity index is 845. The van der Waals surface area contributed by atoms with Crippen LogP contribution in [0.1, 0.15) is 72.1 Å². The lowest BCUT2D eigenvalue weighted by Crippen LogP contribution is -2.49. The number of hydrogen-bond donors (Lipinski definition) is 1. The van der Waals surface area contributed by atoms with Crippen molar-refractivity contribution in [3.8, 4) is 5.75 Å². The minimum atomic E-state index is -0.0530. The summed E-state index contributed by atoms with van der Waals surface area (Å²) in [5, 5.41) is 10.1. The van der Waals surface area contributed by atoms with Crippen molar-refractivity contribution < 1.29 is 14.6 Å². The fourth-order valence-electron chi connectivity index (χ4n) is 3.72. The predicted octanol–water partition coefficient (Wildman–Crippen LogP) is 7.32. The number of phenolic OH excluding ortho intramolecular Hbond substituents is 1. The molecule has 0 aromatic heterocycles. The second-order valence-corrected chi connectivity index (χ2v) is 9.84. The average Bonchev–Trinajstić information content (AvgIpc) is 2.94. The van der Waals surface area contributed by atoms with Crippen LogP contribution in [0.25, 0.3) is 0 Å². The molecule has 0 aliphatic carbocycles. The molecule has 1 amide bonds. The number of carbonyl (C=O) groups is 1. The summed E-state index contributed by atoms with van der Waals surface area (Å²) in [6, 6.07) is 14.5. The fraction of sp³-hybridized carbons (Fsp3) is 0.581. The smallest absolute Gasteiger partial charge is 0.248 e. The number of piperazine rings is 1. The largest absolute Gasteiger partial charge is 0.507 e. The first-order valence-corrected chi connectivity index (χ1v) is 14.8. The number of amides is 1. The Labute approximate surface area is 231 Å². The van der Waals surface area contributed by atoms with Crippen molar-refractivity contribution in [1.82, 2.24) is 9.80 Å². The van der Waals surface area contributed by atoms with Gasteiger partial charge in [-0.2, -0.15) is 0 Å². The van der Waals surface area contributed by atoms with E-state index in [9.17, 15) is 9.90 Å². The van der Waals surface area contributed by atoms with Crippen LogP contribution in [0, 0.1) is 13.8 Å². The van der Waals surface area contributed by atoms with Crippen molar-refractivity contribution in [1.29, 1.82) is 0 Å². The van der Waals surface area contributed by atoms with Gasteiger partial charge in [0.1, 0.15) is 12.4 Å². The Morgan fingerprint density at radius 1 is 0.919 bits per heavy atom. The predicted molar refractivity (Wildman–Crippen MR) is 161 cm³/mol. The fourth-order valence-corrected chi connectivity index (χ4v) is 4.91. The molecular weight excluding hydrogens is 480 g/mol. The van der Waals surface area contributed by atoms with E-state index in [0.29, 0.717) is 5.75 Å². The van der Waals surface area contributed by atoms with E-state index < -0.39 is 0 Å². The maximum atomic E-state index is 12.6. The third-order valence-electron chi connectivity index (χ3n) is 5.89. The van der Waals surface area contributed by atoms with Crippen molar-refractivity contribution in [3.05, 3.63) is 59.2 Å². The van der Waals surface area contributed by atoms with Gasteiger partial charge in [0.2, 0.25) is 5.91 Å². The molecular formula is C31H52N2O3S. The van der Waals surface area contributed by atoms with Gasteiger partial charge < -0.3 is 14.7 Å². The van der Waals surface area contributed by atoms with Crippen LogP contribution in [0.15, 0.2) is 47.4 Å². The summed E-state index contributed by atoms with van der Waals surface area (Å²) in [6.45, 7) is 24.3. The molecule has 0 bridgehead atoms. The minimum Gasteiger partial charge on any atom is -0.507 e. The van der Waals surface area contributed by atoms with Crippen molar-refractivity contribution in [2.24, 2.45) is 0 Å². The highest BCUT2D eigenvalue weighted by Crippen LogP contribution is 2.32. The molecule has 2 aromatic carbocycles. The molecule has 37 heavy (non-hydrogen) atoms. The maximum absolute atomic E-state index is 12.6. The lowest BCUT2D eigenvalue weighted by molar-refractivity contribution is -0.139. The zero-order chi connectivity index (χ0) is 28.4. The Hall–Kier alpha value is -2.02. The van der Waals surface area contributed by atoms with Gasteiger partial charge >= 0.3 is 0 Å². The summed E-state index contributed by atoms with van der Waals surface area (Å²) in [5.41, 5.74) is 3.07. The van der Waals surface area contributed by atoms with Gasteiger partial charge in [-0.3, -0.25) is 9.69 Å². The van der Waals surface area contributed by atoms with E-state index in [2.05, 4.69) is 36.1 Å². The molecule has 5 nitrogen and oxygen atoms in total. The molecule has 1 N–H and O–H groups in total. The van der Waals surface area contributed by atoms with Gasteiger partial charge in [-0.25, -0.2) is 0 Å². The molecule has 1 heterocycles. The summed E-state index contributed by atoms with van der Waals surface area (Å²) in [5.74, 6) is 0.426. The van der Waals surface area contributed by atoms with Crippen LogP contribution in [-0.2, 0) is 16.1 Å². The maximum Gasteiger partial charge on any atom is 0.248 e. The standard InChI is InChI=1S/C25H34N2O3S.3C2H6/c1-18-14-23(15-19(2)25(18)29)31-21(4)20(3)30-17-24(28)27-12-10-26(11-13-27)16-22-8-6-5-7-9-22;3*1-2/h5-9,14-15,20-21,29H,10-13,16-17H2,1-4H3;3*1-2H3/t20-,21?;;;/m1.../s1. The number of rotatable bonds is 8. The normalized spacial score (nSPS) is 14.6. The van der Waals surface area contributed by atoms with E-state index in [1.807, 2.05) is 85.4 Å². The highest BCUT2D eigenvalue weighted by atomic mass is 32.2. The number of ether oxygens (including phenoxy) is 1. The molecule has 1 fully saturated rings. The number of carbonyl (C=O) groups excluding carboxylic acids is 1. The van der Waals surface area contributed by atoms with Crippen LogP contribution >= 0.6 is 11.8 Å². The number of aryl methyl sites for hydroxylation is 2. The molecule has 1 aliphatic rings. The molecule has 2 aromatic rings. The third-order valence-corrected chi connectivity index (χ3v) is 7.15. The van der Waals surface area contributed by atoms with Crippen molar-refractivity contribution in [2.75, 3.05) is 32.8 Å². The van der Waals surface area contributed by atoms with E-state index >= 15 is 0 Å². The summed E-state index contributed by atoms with van der Waals surface area (Å²) in [7, 11) is 0. The van der Waals surface area contributed by atoms with Gasteiger partial charge in [0.25, 0.3) is 0 Å². The van der Waals surface area contributed by atoms with E-state index in [0.717, 1.165) is 48.7 Å². The van der Waals surface area contributed by atoms with Crippen molar-refractivity contribution >= 4 is 17.7 Å². The van der Waals surface area contributed by atoms with E-state index in [-0.39, 0.29) is 23.9 Å². The van der Waals surface area contributed by atoms with Crippen LogP contribution in [0.4, 0.5) is 0 Å². The molecule has 1 aliphatic heterocycles. The first-order valence-electron chi connectivity index (χ1n) is 14.0. The lowest BCUT2D eigenvalue weighted by atomic mass is 10.1. The zero-order valence-electron chi connectivity index (χ0n) is 25.0. The van der Waals surface area contributed by atoms with E-state index in [1.165, 1.54) is 5.56 Å². The topological polar surface area (TPSA) is 53.0 Å². The third kappa shape index (κ3) is 12.4. The van der Waals surface area contributed by atoms with Crippen LogP contribution in [0.5, 0.6) is 5.75 Å². The summed E-state index contributed by atoms with van der Waals surface area (Å²) < 4.78 is 5.92. The van der Waals surface area contributed by atoms with Crippen molar-refractivity contribution in [3.63, 3.8) is 0 Å². The monoisotopic (exact) mass is 532 g/mol. The van der Waals surface area contributed by atoms with Crippen LogP contribution in [0.3, 0.4) is 0 Å². The van der Waals surface area contributed by atoms with Gasteiger partial charge in [-0.1, -0.05) is 78.8 Å². The number of benzene rings is 2. The molecule has 210 valence electrons.